The van der Waals surface area contributed by atoms with Crippen molar-refractivity contribution in [1.29, 1.82) is 0 Å². The molecule has 0 fully saturated rings. The molecule has 0 amide bonds. The van der Waals surface area contributed by atoms with E-state index in [2.05, 4.69) is 10.1 Å². The third kappa shape index (κ3) is 4.50. The minimum absolute atomic E-state index is 0.0532. The van der Waals surface area contributed by atoms with E-state index in [4.69, 9.17) is 0 Å². The lowest BCUT2D eigenvalue weighted by Crippen LogP contribution is -2.32. The van der Waals surface area contributed by atoms with E-state index in [1.807, 2.05) is 65.0 Å². The van der Waals surface area contributed by atoms with Gasteiger partial charge in [-0.05, 0) is 31.5 Å². The summed E-state index contributed by atoms with van der Waals surface area (Å²) in [5.74, 6) is 0.383. The number of rotatable bonds is 6. The average molecular weight is 413 g/mol. The summed E-state index contributed by atoms with van der Waals surface area (Å²) in [5.41, 5.74) is 1.01. The number of benzene rings is 1. The molecule has 2 heterocycles. The molecule has 0 aliphatic carbocycles. The third-order valence-electron chi connectivity index (χ3n) is 4.58. The molecule has 0 radical (unpaired) electrons. The van der Waals surface area contributed by atoms with Crippen LogP contribution in [0.25, 0.3) is 0 Å². The van der Waals surface area contributed by atoms with Gasteiger partial charge >= 0.3 is 0 Å². The molecule has 0 N–H and O–H groups in total. The largest absolute Gasteiger partial charge is 0.269 e. The first-order valence-corrected chi connectivity index (χ1v) is 11.1. The predicted molar refractivity (Wildman–Crippen MR) is 115 cm³/mol. The molecule has 0 atom stereocenters. The maximum Gasteiger partial charge on any atom is 0.269 e. The van der Waals surface area contributed by atoms with Crippen molar-refractivity contribution in [2.45, 2.75) is 57.5 Å². The lowest BCUT2D eigenvalue weighted by atomic mass is 9.92. The summed E-state index contributed by atoms with van der Waals surface area (Å²) in [6.45, 7) is 10.1. The zero-order chi connectivity index (χ0) is 21.2. The first-order valence-electron chi connectivity index (χ1n) is 9.68. The highest BCUT2D eigenvalue weighted by molar-refractivity contribution is 7.92. The van der Waals surface area contributed by atoms with Crippen LogP contribution < -0.4 is 4.31 Å². The van der Waals surface area contributed by atoms with Crippen molar-refractivity contribution in [3.63, 3.8) is 0 Å². The summed E-state index contributed by atoms with van der Waals surface area (Å²) < 4.78 is 30.8. The van der Waals surface area contributed by atoms with Crippen molar-refractivity contribution >= 4 is 15.8 Å². The zero-order valence-corrected chi connectivity index (χ0v) is 18.4. The number of hydrogen-bond acceptors (Lipinski definition) is 4. The van der Waals surface area contributed by atoms with Crippen LogP contribution in [-0.4, -0.2) is 23.2 Å². The molecule has 154 valence electrons. The summed E-state index contributed by atoms with van der Waals surface area (Å²) in [7, 11) is -3.89. The van der Waals surface area contributed by atoms with Crippen molar-refractivity contribution in [1.82, 2.24) is 14.8 Å². The van der Waals surface area contributed by atoms with Crippen LogP contribution in [-0.2, 0) is 22.0 Å². The van der Waals surface area contributed by atoms with E-state index in [1.165, 1.54) is 4.31 Å². The topological polar surface area (TPSA) is 68.1 Å². The maximum absolute atomic E-state index is 13.9. The molecule has 3 aromatic rings. The summed E-state index contributed by atoms with van der Waals surface area (Å²) >= 11 is 0. The summed E-state index contributed by atoms with van der Waals surface area (Å²) in [6.07, 6.45) is 3.24. The Bertz CT molecular complexity index is 1050. The van der Waals surface area contributed by atoms with Crippen LogP contribution in [0.2, 0.25) is 0 Å². The molecule has 0 aliphatic heterocycles. The van der Waals surface area contributed by atoms with Gasteiger partial charge in [0.25, 0.3) is 10.0 Å². The summed E-state index contributed by atoms with van der Waals surface area (Å²) in [5, 5.41) is 4.62. The molecule has 1 aromatic carbocycles. The number of nitrogens with zero attached hydrogens (tertiary/aromatic N) is 4. The molecule has 29 heavy (non-hydrogen) atoms. The highest BCUT2D eigenvalue weighted by atomic mass is 32.2. The summed E-state index contributed by atoms with van der Waals surface area (Å²) in [6, 6.07) is 14.9. The van der Waals surface area contributed by atoms with Gasteiger partial charge < -0.3 is 0 Å². The molecule has 2 aromatic heterocycles. The van der Waals surface area contributed by atoms with Crippen LogP contribution in [0, 0.1) is 0 Å². The van der Waals surface area contributed by atoms with Crippen molar-refractivity contribution in [3.05, 3.63) is 72.2 Å². The second-order valence-corrected chi connectivity index (χ2v) is 10.2. The van der Waals surface area contributed by atoms with Crippen LogP contribution >= 0.6 is 0 Å². The van der Waals surface area contributed by atoms with Gasteiger partial charge in [-0.15, -0.1) is 0 Å². The van der Waals surface area contributed by atoms with Crippen LogP contribution in [0.5, 0.6) is 0 Å². The number of hydrogen-bond donors (Lipinski definition) is 0. The zero-order valence-electron chi connectivity index (χ0n) is 17.6. The van der Waals surface area contributed by atoms with Gasteiger partial charge in [0.1, 0.15) is 10.7 Å². The number of anilines is 1. The third-order valence-corrected chi connectivity index (χ3v) is 6.33. The van der Waals surface area contributed by atoms with Crippen molar-refractivity contribution in [2.75, 3.05) is 4.31 Å². The molecule has 0 bridgehead atoms. The van der Waals surface area contributed by atoms with E-state index >= 15 is 0 Å². The Morgan fingerprint density at radius 2 is 1.69 bits per heavy atom. The fourth-order valence-electron chi connectivity index (χ4n) is 3.01. The Hall–Kier alpha value is -2.67. The molecule has 0 saturated heterocycles. The molecule has 0 spiro atoms. The highest BCUT2D eigenvalue weighted by Gasteiger charge is 2.35. The van der Waals surface area contributed by atoms with E-state index in [-0.39, 0.29) is 17.5 Å². The van der Waals surface area contributed by atoms with Gasteiger partial charge in [-0.1, -0.05) is 57.2 Å². The molecular weight excluding hydrogens is 384 g/mol. The Morgan fingerprint density at radius 3 is 2.24 bits per heavy atom. The molecule has 6 nitrogen and oxygen atoms in total. The fraction of sp³-hybridized carbons (Fsp3) is 0.364. The standard InChI is InChI=1S/C22H28N4O2S/c1-17(2)25-16-19(21(24-25)22(3,4)5)29(27,28)26(20-13-9-10-14-23-20)15-18-11-7-6-8-12-18/h6-14,16-17H,15H2,1-5H3. The number of pyridine rings is 1. The second kappa shape index (κ2) is 7.99. The quantitative estimate of drug-likeness (QED) is 0.595. The maximum atomic E-state index is 13.9. The first kappa shape index (κ1) is 21.0. The Balaban J connectivity index is 2.17. The fourth-order valence-corrected chi connectivity index (χ4v) is 4.75. The molecule has 0 saturated carbocycles. The molecule has 0 aliphatic rings. The minimum Gasteiger partial charge on any atom is -0.269 e. The number of sulfonamides is 1. The smallest absolute Gasteiger partial charge is 0.269 e. The van der Waals surface area contributed by atoms with Crippen molar-refractivity contribution in [3.8, 4) is 0 Å². The van der Waals surface area contributed by atoms with E-state index in [0.29, 0.717) is 11.5 Å². The van der Waals surface area contributed by atoms with Crippen molar-refractivity contribution in [2.24, 2.45) is 0 Å². The van der Waals surface area contributed by atoms with Gasteiger partial charge in [0, 0.05) is 23.9 Å². The van der Waals surface area contributed by atoms with Gasteiger partial charge in [-0.3, -0.25) is 4.68 Å². The lowest BCUT2D eigenvalue weighted by Gasteiger charge is -2.25. The molecule has 3 rings (SSSR count). The highest BCUT2D eigenvalue weighted by Crippen LogP contribution is 2.32. The van der Waals surface area contributed by atoms with Crippen molar-refractivity contribution < 1.29 is 8.42 Å². The average Bonchev–Trinajstić information content (AvgIpc) is 3.15. The van der Waals surface area contributed by atoms with Crippen LogP contribution in [0.15, 0.2) is 65.8 Å². The van der Waals surface area contributed by atoms with E-state index in [9.17, 15) is 8.42 Å². The van der Waals surface area contributed by atoms with E-state index in [0.717, 1.165) is 5.56 Å². The molecular formula is C22H28N4O2S. The number of aromatic nitrogens is 3. The normalized spacial score (nSPS) is 12.3. The van der Waals surface area contributed by atoms with Crippen LogP contribution in [0.3, 0.4) is 0 Å². The van der Waals surface area contributed by atoms with Gasteiger partial charge in [0.05, 0.1) is 12.2 Å². The molecule has 7 heteroatoms. The Labute approximate surface area is 173 Å². The first-order chi connectivity index (χ1) is 13.6. The van der Waals surface area contributed by atoms with Gasteiger partial charge in [0.15, 0.2) is 0 Å². The Morgan fingerprint density at radius 1 is 1.03 bits per heavy atom. The van der Waals surface area contributed by atoms with Gasteiger partial charge in [-0.25, -0.2) is 17.7 Å². The van der Waals surface area contributed by atoms with Gasteiger partial charge in [-0.2, -0.15) is 5.10 Å². The predicted octanol–water partition coefficient (Wildman–Crippen LogP) is 4.55. The van der Waals surface area contributed by atoms with Gasteiger partial charge in [0.2, 0.25) is 0 Å². The second-order valence-electron chi connectivity index (χ2n) is 8.35. The lowest BCUT2D eigenvalue weighted by molar-refractivity contribution is 0.493. The van der Waals surface area contributed by atoms with E-state index in [1.54, 1.807) is 35.3 Å². The molecule has 0 unspecified atom stereocenters. The monoisotopic (exact) mass is 412 g/mol. The SMILES string of the molecule is CC(C)n1cc(S(=O)(=O)N(Cc2ccccc2)c2ccccn2)c(C(C)(C)C)n1. The van der Waals surface area contributed by atoms with Crippen LogP contribution in [0.4, 0.5) is 5.82 Å². The van der Waals surface area contributed by atoms with Crippen LogP contribution in [0.1, 0.15) is 51.9 Å². The summed E-state index contributed by atoms with van der Waals surface area (Å²) in [4.78, 5) is 4.54. The Kier molecular flexibility index (Phi) is 5.80. The minimum atomic E-state index is -3.89. The van der Waals surface area contributed by atoms with E-state index < -0.39 is 15.4 Å².